The first-order chi connectivity index (χ1) is 14.0. The number of nitrogens with one attached hydrogen (secondary N) is 1. The van der Waals surface area contributed by atoms with Gasteiger partial charge in [-0.25, -0.2) is 9.78 Å². The third-order valence-corrected chi connectivity index (χ3v) is 5.55. The fourth-order valence-corrected chi connectivity index (χ4v) is 4.22. The summed E-state index contributed by atoms with van der Waals surface area (Å²) in [7, 11) is 0. The molecule has 1 N–H and O–H groups in total. The van der Waals surface area contributed by atoms with Crippen LogP contribution in [0.15, 0.2) is 56.1 Å². The monoisotopic (exact) mass is 409 g/mol. The van der Waals surface area contributed by atoms with Crippen LogP contribution in [-0.2, 0) is 0 Å². The maximum absolute atomic E-state index is 12.7. The van der Waals surface area contributed by atoms with Gasteiger partial charge in [-0.2, -0.15) is 0 Å². The third kappa shape index (κ3) is 3.28. The highest BCUT2D eigenvalue weighted by Crippen LogP contribution is 2.30. The summed E-state index contributed by atoms with van der Waals surface area (Å²) in [5.41, 5.74) is 2.44. The minimum Gasteiger partial charge on any atom is -0.436 e. The molecule has 0 aliphatic carbocycles. The summed E-state index contributed by atoms with van der Waals surface area (Å²) in [5, 5.41) is 4.82. The van der Waals surface area contributed by atoms with Crippen molar-refractivity contribution in [2.75, 3.05) is 18.0 Å². The van der Waals surface area contributed by atoms with E-state index >= 15 is 0 Å². The molecule has 1 fully saturated rings. The van der Waals surface area contributed by atoms with Crippen molar-refractivity contribution in [1.29, 1.82) is 0 Å². The predicted octanol–water partition coefficient (Wildman–Crippen LogP) is 4.44. The van der Waals surface area contributed by atoms with Gasteiger partial charge >= 0.3 is 5.63 Å². The van der Waals surface area contributed by atoms with E-state index in [9.17, 15) is 4.79 Å². The Morgan fingerprint density at radius 2 is 1.86 bits per heavy atom. The van der Waals surface area contributed by atoms with E-state index in [1.807, 2.05) is 12.1 Å². The number of oxazole rings is 1. The van der Waals surface area contributed by atoms with Crippen LogP contribution >= 0.6 is 11.6 Å². The Morgan fingerprint density at radius 1 is 1.07 bits per heavy atom. The minimum absolute atomic E-state index is 0.206. The lowest BCUT2D eigenvalue weighted by Gasteiger charge is -2.37. The van der Waals surface area contributed by atoms with Crippen LogP contribution in [0.25, 0.3) is 33.5 Å². The first-order valence-electron chi connectivity index (χ1n) is 9.62. The van der Waals surface area contributed by atoms with Gasteiger partial charge in [0.1, 0.15) is 16.7 Å². The summed E-state index contributed by atoms with van der Waals surface area (Å²) in [6.07, 6.45) is 0. The number of aromatic nitrogens is 1. The summed E-state index contributed by atoms with van der Waals surface area (Å²) in [6.45, 7) is 6.15. The largest absolute Gasteiger partial charge is 0.436 e. The van der Waals surface area contributed by atoms with E-state index in [0.717, 1.165) is 24.2 Å². The summed E-state index contributed by atoms with van der Waals surface area (Å²) in [4.78, 5) is 19.4. The second-order valence-electron chi connectivity index (χ2n) is 7.65. The van der Waals surface area contributed by atoms with Gasteiger partial charge in [0.25, 0.3) is 0 Å². The topological polar surface area (TPSA) is 71.5 Å². The third-order valence-electron chi connectivity index (χ3n) is 5.24. The smallest absolute Gasteiger partial charge is 0.349 e. The van der Waals surface area contributed by atoms with Crippen LogP contribution in [0.1, 0.15) is 13.8 Å². The van der Waals surface area contributed by atoms with Gasteiger partial charge in [0.15, 0.2) is 5.58 Å². The van der Waals surface area contributed by atoms with Crippen molar-refractivity contribution in [3.8, 4) is 11.5 Å². The molecule has 2 aromatic heterocycles. The van der Waals surface area contributed by atoms with E-state index in [0.29, 0.717) is 33.8 Å². The van der Waals surface area contributed by atoms with Crippen molar-refractivity contribution in [1.82, 2.24) is 10.3 Å². The molecule has 29 heavy (non-hydrogen) atoms. The molecule has 2 aromatic carbocycles. The molecule has 0 unspecified atom stereocenters. The molecule has 6 nitrogen and oxygen atoms in total. The standard InChI is InChI=1S/C22H20ClN3O3/c1-12-10-26(11-13(2)24-12)15-7-6-14-8-16(22(27)29-19(14)9-15)21-25-20-17(23)4-3-5-18(20)28-21/h3-9,12-13,24H,10-11H2,1-2H3/t12-,13+. The Hall–Kier alpha value is -2.83. The summed E-state index contributed by atoms with van der Waals surface area (Å²) in [5.74, 6) is 0.206. The Morgan fingerprint density at radius 3 is 2.62 bits per heavy atom. The van der Waals surface area contributed by atoms with Crippen LogP contribution in [0.3, 0.4) is 0 Å². The molecule has 1 aliphatic heterocycles. The van der Waals surface area contributed by atoms with Crippen LogP contribution in [0.4, 0.5) is 5.69 Å². The number of hydrogen-bond acceptors (Lipinski definition) is 6. The number of piperazine rings is 1. The summed E-state index contributed by atoms with van der Waals surface area (Å²) in [6, 6.07) is 13.8. The number of rotatable bonds is 2. The molecule has 7 heteroatoms. The molecule has 2 atom stereocenters. The van der Waals surface area contributed by atoms with E-state index in [-0.39, 0.29) is 11.5 Å². The van der Waals surface area contributed by atoms with Crippen molar-refractivity contribution >= 4 is 39.4 Å². The maximum Gasteiger partial charge on any atom is 0.349 e. The molecule has 148 valence electrons. The van der Waals surface area contributed by atoms with Gasteiger partial charge in [-0.05, 0) is 44.2 Å². The van der Waals surface area contributed by atoms with E-state index in [2.05, 4.69) is 35.1 Å². The molecule has 5 rings (SSSR count). The molecule has 0 amide bonds. The molecular weight excluding hydrogens is 390 g/mol. The van der Waals surface area contributed by atoms with Crippen molar-refractivity contribution in [2.45, 2.75) is 25.9 Å². The van der Waals surface area contributed by atoms with E-state index in [4.69, 9.17) is 20.4 Å². The highest BCUT2D eigenvalue weighted by Gasteiger charge is 2.22. The lowest BCUT2D eigenvalue weighted by molar-refractivity contribution is 0.407. The SMILES string of the molecule is C[C@@H]1CN(c2ccc3cc(-c4nc5c(Cl)cccc5o4)c(=O)oc3c2)C[C@H](C)N1. The lowest BCUT2D eigenvalue weighted by Crippen LogP contribution is -2.54. The molecule has 0 bridgehead atoms. The average molecular weight is 410 g/mol. The van der Waals surface area contributed by atoms with Gasteiger partial charge in [0, 0.05) is 42.3 Å². The Labute approximate surface area is 172 Å². The van der Waals surface area contributed by atoms with Crippen LogP contribution in [0.5, 0.6) is 0 Å². The first kappa shape index (κ1) is 18.2. The second kappa shape index (κ2) is 6.90. The van der Waals surface area contributed by atoms with Gasteiger partial charge in [-0.3, -0.25) is 0 Å². The quantitative estimate of drug-likeness (QED) is 0.493. The number of benzene rings is 2. The minimum atomic E-state index is -0.487. The maximum atomic E-state index is 12.7. The van der Waals surface area contributed by atoms with E-state index < -0.39 is 5.63 Å². The van der Waals surface area contributed by atoms with Gasteiger partial charge in [0.05, 0.1) is 5.02 Å². The van der Waals surface area contributed by atoms with Crippen LogP contribution < -0.4 is 15.8 Å². The fourth-order valence-electron chi connectivity index (χ4n) is 4.01. The zero-order valence-corrected chi connectivity index (χ0v) is 16.9. The normalized spacial score (nSPS) is 19.9. The van der Waals surface area contributed by atoms with Crippen LogP contribution in [0, 0.1) is 0 Å². The van der Waals surface area contributed by atoms with Gasteiger partial charge in [0.2, 0.25) is 5.89 Å². The second-order valence-corrected chi connectivity index (χ2v) is 8.06. The lowest BCUT2D eigenvalue weighted by atomic mass is 10.1. The van der Waals surface area contributed by atoms with Gasteiger partial charge < -0.3 is 19.1 Å². The average Bonchev–Trinajstić information content (AvgIpc) is 3.11. The Balaban J connectivity index is 1.56. The van der Waals surface area contributed by atoms with Crippen molar-refractivity contribution in [3.63, 3.8) is 0 Å². The molecule has 1 saturated heterocycles. The molecule has 1 aliphatic rings. The molecule has 0 saturated carbocycles. The number of halogens is 1. The Bertz CT molecular complexity index is 1270. The highest BCUT2D eigenvalue weighted by atomic mass is 35.5. The van der Waals surface area contributed by atoms with Crippen molar-refractivity contribution in [3.05, 3.63) is 57.9 Å². The molecule has 0 radical (unpaired) electrons. The summed E-state index contributed by atoms with van der Waals surface area (Å²) < 4.78 is 11.4. The van der Waals surface area contributed by atoms with Crippen LogP contribution in [-0.4, -0.2) is 30.2 Å². The van der Waals surface area contributed by atoms with E-state index in [1.54, 1.807) is 24.3 Å². The number of anilines is 1. The predicted molar refractivity (Wildman–Crippen MR) is 115 cm³/mol. The first-order valence-corrected chi connectivity index (χ1v) is 10.00. The highest BCUT2D eigenvalue weighted by molar-refractivity contribution is 6.34. The number of fused-ring (bicyclic) bond motifs is 2. The fraction of sp³-hybridized carbons (Fsp3) is 0.273. The summed E-state index contributed by atoms with van der Waals surface area (Å²) >= 11 is 6.17. The van der Waals surface area contributed by atoms with Crippen molar-refractivity contribution in [2.24, 2.45) is 0 Å². The number of para-hydroxylation sites is 1. The number of nitrogens with zero attached hydrogens (tertiary/aromatic N) is 2. The molecule has 0 spiro atoms. The van der Waals surface area contributed by atoms with E-state index in [1.165, 1.54) is 0 Å². The zero-order valence-electron chi connectivity index (χ0n) is 16.1. The van der Waals surface area contributed by atoms with Gasteiger partial charge in [-0.1, -0.05) is 17.7 Å². The molecule has 4 aromatic rings. The molecular formula is C22H20ClN3O3. The van der Waals surface area contributed by atoms with Crippen molar-refractivity contribution < 1.29 is 8.83 Å². The number of hydrogen-bond donors (Lipinski definition) is 1. The van der Waals surface area contributed by atoms with Crippen LogP contribution in [0.2, 0.25) is 5.02 Å². The Kier molecular flexibility index (Phi) is 4.33. The van der Waals surface area contributed by atoms with Gasteiger partial charge in [-0.15, -0.1) is 0 Å². The molecule has 3 heterocycles. The zero-order chi connectivity index (χ0) is 20.1.